The van der Waals surface area contributed by atoms with Crippen molar-refractivity contribution in [2.24, 2.45) is 5.92 Å². The molecule has 1 aromatic carbocycles. The normalized spacial score (nSPS) is 22.4. The summed E-state index contributed by atoms with van der Waals surface area (Å²) in [5.41, 5.74) is 0.600. The molecule has 1 aromatic rings. The van der Waals surface area contributed by atoms with Crippen molar-refractivity contribution < 1.29 is 24.2 Å². The lowest BCUT2D eigenvalue weighted by atomic mass is 9.94. The number of amides is 2. The van der Waals surface area contributed by atoms with Gasteiger partial charge in [-0.15, -0.1) is 18.3 Å². The van der Waals surface area contributed by atoms with Gasteiger partial charge in [0.05, 0.1) is 12.5 Å². The number of hydrogen-bond acceptors (Lipinski definition) is 6. The molecule has 0 aromatic heterocycles. The molecule has 3 rings (SSSR count). The number of carbonyl (C=O) groups is 3. The van der Waals surface area contributed by atoms with Crippen LogP contribution in [-0.4, -0.2) is 56.7 Å². The third-order valence-electron chi connectivity index (χ3n) is 5.34. The summed E-state index contributed by atoms with van der Waals surface area (Å²) in [4.78, 5) is 39.9. The maximum atomic E-state index is 13.0. The van der Waals surface area contributed by atoms with Gasteiger partial charge in [-0.2, -0.15) is 0 Å². The molecule has 0 radical (unpaired) electrons. The van der Waals surface area contributed by atoms with E-state index in [1.165, 1.54) is 16.7 Å². The Bertz CT molecular complexity index is 937. The minimum absolute atomic E-state index is 0.0726. The average Bonchev–Trinajstić information content (AvgIpc) is 2.74. The smallest absolute Gasteiger partial charge is 0.355 e. The van der Waals surface area contributed by atoms with Crippen LogP contribution in [0, 0.1) is 5.92 Å². The van der Waals surface area contributed by atoms with E-state index in [-0.39, 0.29) is 29.9 Å². The number of benzene rings is 1. The van der Waals surface area contributed by atoms with Crippen molar-refractivity contribution in [1.29, 1.82) is 0 Å². The number of ether oxygens (including phenoxy) is 1. The van der Waals surface area contributed by atoms with E-state index >= 15 is 0 Å². The fourth-order valence-electron chi connectivity index (χ4n) is 3.64. The molecule has 2 N–H and O–H groups in total. The first-order valence-electron chi connectivity index (χ1n) is 10.6. The fraction of sp³-hybridized carbons (Fsp3) is 0.458. The van der Waals surface area contributed by atoms with Crippen LogP contribution in [0.4, 0.5) is 0 Å². The third kappa shape index (κ3) is 5.07. The molecule has 0 unspecified atom stereocenters. The van der Waals surface area contributed by atoms with Gasteiger partial charge in [0.1, 0.15) is 22.7 Å². The minimum atomic E-state index is -0.969. The largest absolute Gasteiger partial charge is 0.455 e. The van der Waals surface area contributed by atoms with E-state index in [2.05, 4.69) is 11.9 Å². The number of nitrogens with zero attached hydrogens (tertiary/aromatic N) is 1. The highest BCUT2D eigenvalue weighted by Gasteiger charge is 2.55. The summed E-state index contributed by atoms with van der Waals surface area (Å²) in [6, 6.07) is 8.54. The summed E-state index contributed by atoms with van der Waals surface area (Å²) in [5.74, 6) is -1.27. The number of rotatable bonds is 7. The van der Waals surface area contributed by atoms with E-state index in [1.807, 2.05) is 30.3 Å². The molecule has 172 valence electrons. The zero-order chi connectivity index (χ0) is 23.6. The van der Waals surface area contributed by atoms with Crippen LogP contribution < -0.4 is 5.32 Å². The van der Waals surface area contributed by atoms with E-state index in [1.54, 1.807) is 33.8 Å². The van der Waals surface area contributed by atoms with Crippen LogP contribution in [0.3, 0.4) is 0 Å². The van der Waals surface area contributed by atoms with Crippen molar-refractivity contribution >= 4 is 29.5 Å². The molecule has 2 aliphatic rings. The molecule has 0 aliphatic carbocycles. The summed E-state index contributed by atoms with van der Waals surface area (Å²) >= 11 is 1.41. The van der Waals surface area contributed by atoms with Gasteiger partial charge in [-0.1, -0.05) is 43.3 Å². The van der Waals surface area contributed by atoms with Gasteiger partial charge in [-0.25, -0.2) is 4.79 Å². The highest BCUT2D eigenvalue weighted by Crippen LogP contribution is 2.42. The Morgan fingerprint density at radius 2 is 2.00 bits per heavy atom. The van der Waals surface area contributed by atoms with Gasteiger partial charge < -0.3 is 15.2 Å². The molecule has 8 heteroatoms. The molecule has 2 heterocycles. The number of fused-ring (bicyclic) bond motifs is 1. The van der Waals surface area contributed by atoms with Crippen LogP contribution in [0.5, 0.6) is 0 Å². The third-order valence-corrected chi connectivity index (χ3v) is 6.64. The number of aliphatic hydroxyl groups excluding tert-OH is 1. The SMILES string of the molecule is C=C[C@H](C)[C@H](O)C1=C(C(=O)OC(C)(C)C)N2C(=O)[C@@H](NC(=O)Cc3ccccc3)[C@H]2SC1. The van der Waals surface area contributed by atoms with Gasteiger partial charge in [0.15, 0.2) is 0 Å². The van der Waals surface area contributed by atoms with E-state index in [9.17, 15) is 19.5 Å². The van der Waals surface area contributed by atoms with Gasteiger partial charge in [-0.05, 0) is 26.3 Å². The molecule has 2 aliphatic heterocycles. The van der Waals surface area contributed by atoms with E-state index in [0.717, 1.165) is 5.56 Å². The Hall–Kier alpha value is -2.58. The van der Waals surface area contributed by atoms with Crippen LogP contribution in [0.15, 0.2) is 54.3 Å². The van der Waals surface area contributed by atoms with Crippen molar-refractivity contribution in [3.63, 3.8) is 0 Å². The molecular weight excluding hydrogens is 428 g/mol. The Kier molecular flexibility index (Phi) is 7.15. The number of esters is 1. The van der Waals surface area contributed by atoms with Crippen molar-refractivity contribution in [3.8, 4) is 0 Å². The van der Waals surface area contributed by atoms with Crippen molar-refractivity contribution in [1.82, 2.24) is 10.2 Å². The summed E-state index contributed by atoms with van der Waals surface area (Å²) in [6.07, 6.45) is 0.798. The monoisotopic (exact) mass is 458 g/mol. The lowest BCUT2D eigenvalue weighted by Gasteiger charge is -2.50. The molecular formula is C24H30N2O5S. The van der Waals surface area contributed by atoms with Crippen LogP contribution in [0.2, 0.25) is 0 Å². The Balaban J connectivity index is 1.82. The summed E-state index contributed by atoms with van der Waals surface area (Å²) in [7, 11) is 0. The zero-order valence-electron chi connectivity index (χ0n) is 18.8. The molecule has 0 saturated carbocycles. The van der Waals surface area contributed by atoms with Gasteiger partial charge in [-0.3, -0.25) is 14.5 Å². The van der Waals surface area contributed by atoms with Gasteiger partial charge in [0.2, 0.25) is 5.91 Å². The topological polar surface area (TPSA) is 95.9 Å². The number of carbonyl (C=O) groups excluding carboxylic acids is 3. The van der Waals surface area contributed by atoms with Gasteiger partial charge in [0.25, 0.3) is 5.91 Å². The van der Waals surface area contributed by atoms with Gasteiger partial charge in [0, 0.05) is 17.2 Å². The Morgan fingerprint density at radius 3 is 2.59 bits per heavy atom. The van der Waals surface area contributed by atoms with Crippen molar-refractivity contribution in [2.75, 3.05) is 5.75 Å². The second kappa shape index (κ2) is 9.50. The van der Waals surface area contributed by atoms with E-state index in [0.29, 0.717) is 11.3 Å². The highest BCUT2D eigenvalue weighted by atomic mass is 32.2. The molecule has 7 nitrogen and oxygen atoms in total. The maximum absolute atomic E-state index is 13.0. The van der Waals surface area contributed by atoms with E-state index in [4.69, 9.17) is 4.74 Å². The first-order valence-corrected chi connectivity index (χ1v) is 11.6. The Labute approximate surface area is 192 Å². The zero-order valence-corrected chi connectivity index (χ0v) is 19.6. The molecule has 0 spiro atoms. The summed E-state index contributed by atoms with van der Waals surface area (Å²) in [6.45, 7) is 10.7. The van der Waals surface area contributed by atoms with Crippen LogP contribution in [0.1, 0.15) is 33.3 Å². The molecule has 2 amide bonds. The quantitative estimate of drug-likeness (QED) is 0.370. The van der Waals surface area contributed by atoms with Crippen LogP contribution in [-0.2, 0) is 25.5 Å². The van der Waals surface area contributed by atoms with Crippen LogP contribution >= 0.6 is 11.8 Å². The highest BCUT2D eigenvalue weighted by molar-refractivity contribution is 8.00. The summed E-state index contributed by atoms with van der Waals surface area (Å²) in [5, 5.41) is 13.2. The van der Waals surface area contributed by atoms with Crippen molar-refractivity contribution in [3.05, 3.63) is 59.8 Å². The minimum Gasteiger partial charge on any atom is -0.455 e. The predicted octanol–water partition coefficient (Wildman–Crippen LogP) is 2.41. The number of hydrogen-bond donors (Lipinski definition) is 2. The number of nitrogens with one attached hydrogen (secondary N) is 1. The van der Waals surface area contributed by atoms with Crippen LogP contribution in [0.25, 0.3) is 0 Å². The van der Waals surface area contributed by atoms with Gasteiger partial charge >= 0.3 is 5.97 Å². The second-order valence-corrected chi connectivity index (χ2v) is 10.1. The maximum Gasteiger partial charge on any atom is 0.355 e. The predicted molar refractivity (Wildman–Crippen MR) is 123 cm³/mol. The first-order chi connectivity index (χ1) is 15.0. The van der Waals surface area contributed by atoms with E-state index < -0.39 is 29.1 Å². The molecule has 1 saturated heterocycles. The average molecular weight is 459 g/mol. The molecule has 32 heavy (non-hydrogen) atoms. The summed E-state index contributed by atoms with van der Waals surface area (Å²) < 4.78 is 5.54. The molecule has 0 bridgehead atoms. The first kappa shape index (κ1) is 24.1. The number of β-lactam (4-membered cyclic amide) rings is 1. The molecule has 4 atom stereocenters. The lowest BCUT2D eigenvalue weighted by molar-refractivity contribution is -0.159. The molecule has 1 fully saturated rings. The standard InChI is InChI=1S/C24H30N2O5S/c1-6-14(2)20(28)16-13-32-22-18(25-17(27)12-15-10-8-7-9-11-15)21(29)26(22)19(16)23(30)31-24(3,4)5/h6-11,14,18,20,22,28H,1,12-13H2,2-5H3,(H,25,27)/t14-,18+,20-,22+/m0/s1. The Morgan fingerprint density at radius 1 is 1.34 bits per heavy atom. The fourth-order valence-corrected chi connectivity index (χ4v) is 5.03. The number of thioether (sulfide) groups is 1. The van der Waals surface area contributed by atoms with Crippen molar-refractivity contribution in [2.45, 2.75) is 57.2 Å². The lowest BCUT2D eigenvalue weighted by Crippen LogP contribution is -2.71. The second-order valence-electron chi connectivity index (χ2n) is 9.03. The number of aliphatic hydroxyl groups is 1.